The summed E-state index contributed by atoms with van der Waals surface area (Å²) in [6.07, 6.45) is 4.20. The Kier molecular flexibility index (Phi) is 5.43. The molecule has 1 rings (SSSR count). The molecule has 0 spiro atoms. The Morgan fingerprint density at radius 1 is 1.35 bits per heavy atom. The molecule has 0 fully saturated rings. The number of nitrogens with one attached hydrogen (secondary N) is 2. The van der Waals surface area contributed by atoms with Gasteiger partial charge in [-0.1, -0.05) is 31.2 Å². The van der Waals surface area contributed by atoms with Gasteiger partial charge in [-0.3, -0.25) is 4.79 Å². The maximum Gasteiger partial charge on any atom is 0.221 e. The summed E-state index contributed by atoms with van der Waals surface area (Å²) in [4.78, 5) is 10.9. The molecule has 1 unspecified atom stereocenters. The molecule has 1 aromatic rings. The van der Waals surface area contributed by atoms with Crippen LogP contribution in [0.2, 0.25) is 0 Å². The van der Waals surface area contributed by atoms with Gasteiger partial charge in [-0.25, -0.2) is 0 Å². The van der Waals surface area contributed by atoms with E-state index in [1.54, 1.807) is 0 Å². The minimum absolute atomic E-state index is 0.0472. The lowest BCUT2D eigenvalue weighted by molar-refractivity contribution is -0.114. The third kappa shape index (κ3) is 5.31. The summed E-state index contributed by atoms with van der Waals surface area (Å²) < 4.78 is 0. The summed E-state index contributed by atoms with van der Waals surface area (Å²) in [6, 6.07) is 8.15. The van der Waals surface area contributed by atoms with Gasteiger partial charge in [0.2, 0.25) is 5.91 Å². The Bertz CT molecular complexity index is 382. The first-order chi connectivity index (χ1) is 8.11. The highest BCUT2D eigenvalue weighted by Gasteiger charge is 1.95. The molecule has 1 aromatic carbocycles. The highest BCUT2D eigenvalue weighted by molar-refractivity contribution is 5.88. The minimum Gasteiger partial charge on any atom is -0.326 e. The van der Waals surface area contributed by atoms with Crippen LogP contribution in [0.4, 0.5) is 5.69 Å². The van der Waals surface area contributed by atoms with E-state index in [0.29, 0.717) is 6.04 Å². The molecule has 0 heterocycles. The maximum atomic E-state index is 10.9. The van der Waals surface area contributed by atoms with Crippen molar-refractivity contribution in [3.63, 3.8) is 0 Å². The van der Waals surface area contributed by atoms with E-state index in [4.69, 9.17) is 0 Å². The zero-order valence-electron chi connectivity index (χ0n) is 10.7. The topological polar surface area (TPSA) is 41.1 Å². The molecule has 0 saturated carbocycles. The molecular weight excluding hydrogens is 212 g/mol. The zero-order chi connectivity index (χ0) is 12.7. The maximum absolute atomic E-state index is 10.9. The number of hydrogen-bond acceptors (Lipinski definition) is 2. The molecule has 0 aromatic heterocycles. The smallest absolute Gasteiger partial charge is 0.221 e. The van der Waals surface area contributed by atoms with Gasteiger partial charge < -0.3 is 10.6 Å². The van der Waals surface area contributed by atoms with Gasteiger partial charge in [0.15, 0.2) is 0 Å². The summed E-state index contributed by atoms with van der Waals surface area (Å²) in [6.45, 7) is 6.68. The van der Waals surface area contributed by atoms with Crippen LogP contribution in [0.25, 0.3) is 6.08 Å². The standard InChI is InChI=1S/C14H20N2O/c1-4-15-11(2)5-6-13-7-9-14(10-8-13)16-12(3)17/h5-11,15H,4H2,1-3H3,(H,16,17)/b6-5+. The lowest BCUT2D eigenvalue weighted by atomic mass is 10.1. The fraction of sp³-hybridized carbons (Fsp3) is 0.357. The number of rotatable bonds is 5. The van der Waals surface area contributed by atoms with Gasteiger partial charge in [0.1, 0.15) is 0 Å². The molecule has 0 aliphatic rings. The van der Waals surface area contributed by atoms with Crippen molar-refractivity contribution in [1.29, 1.82) is 0 Å². The van der Waals surface area contributed by atoms with Crippen molar-refractivity contribution in [3.05, 3.63) is 35.9 Å². The van der Waals surface area contributed by atoms with E-state index < -0.39 is 0 Å². The first-order valence-corrected chi connectivity index (χ1v) is 5.91. The Hall–Kier alpha value is -1.61. The third-order valence-electron chi connectivity index (χ3n) is 2.33. The Balaban J connectivity index is 2.58. The van der Waals surface area contributed by atoms with Gasteiger partial charge in [0, 0.05) is 18.7 Å². The molecule has 0 radical (unpaired) electrons. The van der Waals surface area contributed by atoms with Crippen LogP contribution >= 0.6 is 0 Å². The molecule has 1 atom stereocenters. The highest BCUT2D eigenvalue weighted by atomic mass is 16.1. The zero-order valence-corrected chi connectivity index (χ0v) is 10.7. The van der Waals surface area contributed by atoms with Crippen LogP contribution in [0.3, 0.4) is 0 Å². The number of carbonyl (C=O) groups is 1. The van der Waals surface area contributed by atoms with Crippen molar-refractivity contribution in [3.8, 4) is 0 Å². The van der Waals surface area contributed by atoms with Crippen molar-refractivity contribution in [2.75, 3.05) is 11.9 Å². The molecule has 3 nitrogen and oxygen atoms in total. The minimum atomic E-state index is -0.0472. The van der Waals surface area contributed by atoms with Crippen molar-refractivity contribution in [2.24, 2.45) is 0 Å². The second kappa shape index (κ2) is 6.86. The number of hydrogen-bond donors (Lipinski definition) is 2. The molecule has 0 bridgehead atoms. The molecule has 1 amide bonds. The highest BCUT2D eigenvalue weighted by Crippen LogP contribution is 2.10. The van der Waals surface area contributed by atoms with Crippen LogP contribution in [-0.4, -0.2) is 18.5 Å². The fourth-order valence-electron chi connectivity index (χ4n) is 1.53. The Morgan fingerprint density at radius 3 is 2.53 bits per heavy atom. The van der Waals surface area contributed by atoms with E-state index in [0.717, 1.165) is 17.8 Å². The van der Waals surface area contributed by atoms with Crippen LogP contribution in [0.1, 0.15) is 26.3 Å². The predicted octanol–water partition coefficient (Wildman–Crippen LogP) is 2.66. The summed E-state index contributed by atoms with van der Waals surface area (Å²) >= 11 is 0. The van der Waals surface area contributed by atoms with Crippen LogP contribution < -0.4 is 10.6 Å². The average molecular weight is 232 g/mol. The van der Waals surface area contributed by atoms with Gasteiger partial charge in [0.25, 0.3) is 0 Å². The average Bonchev–Trinajstić information content (AvgIpc) is 2.28. The summed E-state index contributed by atoms with van der Waals surface area (Å²) in [5.41, 5.74) is 1.96. The van der Waals surface area contributed by atoms with E-state index >= 15 is 0 Å². The summed E-state index contributed by atoms with van der Waals surface area (Å²) in [5, 5.41) is 6.05. The van der Waals surface area contributed by atoms with E-state index in [1.165, 1.54) is 6.92 Å². The van der Waals surface area contributed by atoms with E-state index in [9.17, 15) is 4.79 Å². The number of carbonyl (C=O) groups excluding carboxylic acids is 1. The summed E-state index contributed by atoms with van der Waals surface area (Å²) in [5.74, 6) is -0.0472. The SMILES string of the molecule is CCNC(C)/C=C/c1ccc(NC(C)=O)cc1. The van der Waals surface area contributed by atoms with Gasteiger partial charge in [-0.2, -0.15) is 0 Å². The lowest BCUT2D eigenvalue weighted by Crippen LogP contribution is -2.22. The van der Waals surface area contributed by atoms with Crippen molar-refractivity contribution in [2.45, 2.75) is 26.8 Å². The lowest BCUT2D eigenvalue weighted by Gasteiger charge is -2.06. The van der Waals surface area contributed by atoms with Crippen molar-refractivity contribution in [1.82, 2.24) is 5.32 Å². The Labute approximate surface area is 103 Å². The second-order valence-corrected chi connectivity index (χ2v) is 4.01. The molecule has 3 heteroatoms. The van der Waals surface area contributed by atoms with E-state index in [2.05, 4.69) is 36.6 Å². The summed E-state index contributed by atoms with van der Waals surface area (Å²) in [7, 11) is 0. The fourth-order valence-corrected chi connectivity index (χ4v) is 1.53. The quantitative estimate of drug-likeness (QED) is 0.819. The molecule has 17 heavy (non-hydrogen) atoms. The normalized spacial score (nSPS) is 12.6. The van der Waals surface area contributed by atoms with E-state index in [-0.39, 0.29) is 5.91 Å². The van der Waals surface area contributed by atoms with Crippen molar-refractivity contribution < 1.29 is 4.79 Å². The molecule has 0 saturated heterocycles. The molecule has 0 aliphatic carbocycles. The van der Waals surface area contributed by atoms with Gasteiger partial charge in [-0.15, -0.1) is 0 Å². The number of likely N-dealkylation sites (N-methyl/N-ethyl adjacent to an activating group) is 1. The van der Waals surface area contributed by atoms with Crippen LogP contribution in [0.15, 0.2) is 30.3 Å². The third-order valence-corrected chi connectivity index (χ3v) is 2.33. The van der Waals surface area contributed by atoms with Gasteiger partial charge in [-0.05, 0) is 31.2 Å². The molecular formula is C14H20N2O. The molecule has 92 valence electrons. The van der Waals surface area contributed by atoms with Crippen molar-refractivity contribution >= 4 is 17.7 Å². The van der Waals surface area contributed by atoms with Crippen LogP contribution in [-0.2, 0) is 4.79 Å². The van der Waals surface area contributed by atoms with Crippen LogP contribution in [0.5, 0.6) is 0 Å². The van der Waals surface area contributed by atoms with Gasteiger partial charge in [0.05, 0.1) is 0 Å². The first kappa shape index (κ1) is 13.5. The number of benzene rings is 1. The number of amides is 1. The molecule has 0 aliphatic heterocycles. The largest absolute Gasteiger partial charge is 0.326 e. The van der Waals surface area contributed by atoms with E-state index in [1.807, 2.05) is 24.3 Å². The second-order valence-electron chi connectivity index (χ2n) is 4.01. The monoisotopic (exact) mass is 232 g/mol. The number of anilines is 1. The van der Waals surface area contributed by atoms with Gasteiger partial charge >= 0.3 is 0 Å². The molecule has 2 N–H and O–H groups in total. The van der Waals surface area contributed by atoms with Crippen LogP contribution in [0, 0.1) is 0 Å². The first-order valence-electron chi connectivity index (χ1n) is 5.91. The Morgan fingerprint density at radius 2 is 2.00 bits per heavy atom. The predicted molar refractivity (Wildman–Crippen MR) is 72.9 cm³/mol.